The number of Topliss-reactive ketones (excluding diaryl/α,β-unsaturated/α-hetero) is 1. The Bertz CT molecular complexity index is 1500. The van der Waals surface area contributed by atoms with Crippen molar-refractivity contribution >= 4 is 21.5 Å². The second-order valence-electron chi connectivity index (χ2n) is 11.1. The molecule has 0 spiro atoms. The SMILES string of the molecule is COc1cccc(CN2CCC(CC(=O)c3ccc(C(=O)N4CCC(S(=O)(=O)c5ccc(F)cc5)CC4)nc3)CC2)c1. The quantitative estimate of drug-likeness (QED) is 0.260. The Kier molecular flexibility index (Phi) is 9.33. The maximum absolute atomic E-state index is 13.2. The predicted molar refractivity (Wildman–Crippen MR) is 157 cm³/mol. The number of carbonyl (C=O) groups excluding carboxylic acids is 2. The molecule has 0 bridgehead atoms. The Morgan fingerprint density at radius 1 is 0.952 bits per heavy atom. The van der Waals surface area contributed by atoms with Gasteiger partial charge in [-0.05, 0) is 98.8 Å². The minimum absolute atomic E-state index is 0.0274. The zero-order valence-corrected chi connectivity index (χ0v) is 24.6. The molecule has 3 aromatic rings. The Balaban J connectivity index is 1.09. The van der Waals surface area contributed by atoms with Gasteiger partial charge in [-0.2, -0.15) is 0 Å². The highest BCUT2D eigenvalue weighted by atomic mass is 32.2. The third kappa shape index (κ3) is 7.04. The van der Waals surface area contributed by atoms with Crippen molar-refractivity contribution in [3.8, 4) is 5.75 Å². The molecule has 0 unspecified atom stereocenters. The van der Waals surface area contributed by atoms with Crippen LogP contribution in [0.3, 0.4) is 0 Å². The van der Waals surface area contributed by atoms with Gasteiger partial charge in [0.1, 0.15) is 17.3 Å². The number of likely N-dealkylation sites (tertiary alicyclic amines) is 2. The number of piperidine rings is 2. The fourth-order valence-electron chi connectivity index (χ4n) is 5.79. The number of amides is 1. The lowest BCUT2D eigenvalue weighted by atomic mass is 9.90. The van der Waals surface area contributed by atoms with Gasteiger partial charge in [0.25, 0.3) is 5.91 Å². The second kappa shape index (κ2) is 13.1. The van der Waals surface area contributed by atoms with E-state index < -0.39 is 20.9 Å². The number of methoxy groups -OCH3 is 1. The van der Waals surface area contributed by atoms with Crippen LogP contribution in [0.2, 0.25) is 0 Å². The molecule has 2 aliphatic heterocycles. The molecule has 1 amide bonds. The number of hydrogen-bond acceptors (Lipinski definition) is 7. The van der Waals surface area contributed by atoms with Gasteiger partial charge in [0.2, 0.25) is 0 Å². The van der Waals surface area contributed by atoms with Gasteiger partial charge in [0, 0.05) is 37.8 Å². The van der Waals surface area contributed by atoms with E-state index in [1.165, 1.54) is 23.9 Å². The lowest BCUT2D eigenvalue weighted by Gasteiger charge is -2.32. The summed E-state index contributed by atoms with van der Waals surface area (Å²) in [6.07, 6.45) is 4.41. The topological polar surface area (TPSA) is 96.9 Å². The number of sulfone groups is 1. The molecule has 5 rings (SSSR count). The van der Waals surface area contributed by atoms with Gasteiger partial charge in [-0.25, -0.2) is 12.8 Å². The second-order valence-corrected chi connectivity index (χ2v) is 13.3. The molecule has 0 aliphatic carbocycles. The van der Waals surface area contributed by atoms with E-state index in [9.17, 15) is 22.4 Å². The lowest BCUT2D eigenvalue weighted by molar-refractivity contribution is 0.0719. The van der Waals surface area contributed by atoms with Crippen molar-refractivity contribution in [3.63, 3.8) is 0 Å². The van der Waals surface area contributed by atoms with Crippen molar-refractivity contribution in [2.75, 3.05) is 33.3 Å². The van der Waals surface area contributed by atoms with Crippen molar-refractivity contribution in [2.24, 2.45) is 5.92 Å². The molecule has 0 saturated carbocycles. The van der Waals surface area contributed by atoms with E-state index in [4.69, 9.17) is 4.74 Å². The molecule has 0 radical (unpaired) electrons. The Labute approximate surface area is 246 Å². The molecule has 42 heavy (non-hydrogen) atoms. The first kappa shape index (κ1) is 29.8. The monoisotopic (exact) mass is 593 g/mol. The Hall–Kier alpha value is -3.63. The predicted octanol–water partition coefficient (Wildman–Crippen LogP) is 4.79. The number of nitrogens with zero attached hydrogens (tertiary/aromatic N) is 3. The molecule has 8 nitrogen and oxygen atoms in total. The average molecular weight is 594 g/mol. The minimum atomic E-state index is -3.61. The van der Waals surface area contributed by atoms with Gasteiger partial charge in [-0.15, -0.1) is 0 Å². The van der Waals surface area contributed by atoms with Crippen LogP contribution in [-0.4, -0.2) is 73.4 Å². The summed E-state index contributed by atoms with van der Waals surface area (Å²) in [5.41, 5.74) is 1.94. The molecule has 0 N–H and O–H groups in total. The van der Waals surface area contributed by atoms with Crippen molar-refractivity contribution in [3.05, 3.63) is 89.5 Å². The van der Waals surface area contributed by atoms with Crippen LogP contribution in [0.15, 0.2) is 71.8 Å². The number of halogens is 1. The van der Waals surface area contributed by atoms with Crippen molar-refractivity contribution < 1.29 is 27.1 Å². The molecule has 2 saturated heterocycles. The first-order valence-corrected chi connectivity index (χ1v) is 15.9. The fraction of sp³-hybridized carbons (Fsp3) is 0.406. The summed E-state index contributed by atoms with van der Waals surface area (Å²) in [5.74, 6) is 0.423. The van der Waals surface area contributed by atoms with E-state index in [0.29, 0.717) is 30.7 Å². The molecule has 2 aromatic carbocycles. The van der Waals surface area contributed by atoms with Crippen LogP contribution in [0.1, 0.15) is 58.5 Å². The number of ether oxygens (including phenoxy) is 1. The highest BCUT2D eigenvalue weighted by Gasteiger charge is 2.33. The van der Waals surface area contributed by atoms with Crippen LogP contribution in [0.5, 0.6) is 5.75 Å². The number of rotatable bonds is 9. The Morgan fingerprint density at radius 2 is 1.67 bits per heavy atom. The van der Waals surface area contributed by atoms with Crippen molar-refractivity contribution in [1.82, 2.24) is 14.8 Å². The molecule has 0 atom stereocenters. The van der Waals surface area contributed by atoms with E-state index in [1.807, 2.05) is 12.1 Å². The summed E-state index contributed by atoms with van der Waals surface area (Å²) in [7, 11) is -1.94. The van der Waals surface area contributed by atoms with Gasteiger partial charge in [0.15, 0.2) is 15.6 Å². The van der Waals surface area contributed by atoms with Crippen LogP contribution >= 0.6 is 0 Å². The van der Waals surface area contributed by atoms with Crippen LogP contribution in [0, 0.1) is 11.7 Å². The van der Waals surface area contributed by atoms with E-state index >= 15 is 0 Å². The largest absolute Gasteiger partial charge is 0.497 e. The van der Waals surface area contributed by atoms with E-state index in [-0.39, 0.29) is 35.4 Å². The minimum Gasteiger partial charge on any atom is -0.497 e. The number of pyridine rings is 1. The van der Waals surface area contributed by atoms with Crippen LogP contribution in [0.25, 0.3) is 0 Å². The summed E-state index contributed by atoms with van der Waals surface area (Å²) in [6.45, 7) is 3.29. The molecule has 2 fully saturated rings. The lowest BCUT2D eigenvalue weighted by Crippen LogP contribution is -2.42. The van der Waals surface area contributed by atoms with Gasteiger partial charge < -0.3 is 9.64 Å². The normalized spacial score (nSPS) is 17.2. The Morgan fingerprint density at radius 3 is 2.31 bits per heavy atom. The standard InChI is InChI=1S/C32H36FN3O5S/c1-41-27-4-2-3-24(19-27)22-35-15-11-23(12-16-35)20-31(37)25-5-10-30(34-21-25)32(38)36-17-13-29(14-18-36)42(39,40)28-8-6-26(33)7-9-28/h2-10,19,21,23,29H,11-18,20,22H2,1H3. The molecular formula is C32H36FN3O5S. The number of benzene rings is 2. The number of hydrogen-bond donors (Lipinski definition) is 0. The molecule has 3 heterocycles. The highest BCUT2D eigenvalue weighted by molar-refractivity contribution is 7.92. The summed E-state index contributed by atoms with van der Waals surface area (Å²) < 4.78 is 44.4. The van der Waals surface area contributed by atoms with Crippen LogP contribution < -0.4 is 4.74 Å². The third-order valence-corrected chi connectivity index (χ3v) is 10.6. The number of aromatic nitrogens is 1. The number of ketones is 1. The molecular weight excluding hydrogens is 557 g/mol. The van der Waals surface area contributed by atoms with Crippen molar-refractivity contribution in [1.29, 1.82) is 0 Å². The summed E-state index contributed by atoms with van der Waals surface area (Å²) >= 11 is 0. The first-order valence-electron chi connectivity index (χ1n) is 14.4. The number of carbonyl (C=O) groups is 2. The first-order chi connectivity index (χ1) is 20.2. The van der Waals surface area contributed by atoms with Gasteiger partial charge in [-0.3, -0.25) is 19.5 Å². The van der Waals surface area contributed by atoms with Crippen LogP contribution in [-0.2, 0) is 16.4 Å². The van der Waals surface area contributed by atoms with E-state index in [2.05, 4.69) is 22.0 Å². The van der Waals surface area contributed by atoms with Crippen molar-refractivity contribution in [2.45, 2.75) is 48.8 Å². The van der Waals surface area contributed by atoms with Crippen LogP contribution in [0.4, 0.5) is 4.39 Å². The average Bonchev–Trinajstić information content (AvgIpc) is 3.02. The van der Waals surface area contributed by atoms with E-state index in [0.717, 1.165) is 50.4 Å². The zero-order valence-electron chi connectivity index (χ0n) is 23.7. The maximum Gasteiger partial charge on any atom is 0.272 e. The maximum atomic E-state index is 13.2. The molecule has 2 aliphatic rings. The summed E-state index contributed by atoms with van der Waals surface area (Å²) in [6, 6.07) is 16.2. The summed E-state index contributed by atoms with van der Waals surface area (Å²) in [5, 5.41) is -0.631. The zero-order chi connectivity index (χ0) is 29.7. The molecule has 222 valence electrons. The molecule has 10 heteroatoms. The smallest absolute Gasteiger partial charge is 0.272 e. The fourth-order valence-corrected chi connectivity index (χ4v) is 7.52. The van der Waals surface area contributed by atoms with Gasteiger partial charge in [-0.1, -0.05) is 12.1 Å². The van der Waals surface area contributed by atoms with Gasteiger partial charge in [0.05, 0.1) is 17.3 Å². The third-order valence-electron chi connectivity index (χ3n) is 8.34. The van der Waals surface area contributed by atoms with E-state index in [1.54, 1.807) is 24.1 Å². The van der Waals surface area contributed by atoms with Gasteiger partial charge >= 0.3 is 0 Å². The molecule has 1 aromatic heterocycles. The summed E-state index contributed by atoms with van der Waals surface area (Å²) in [4.78, 5) is 34.4. The highest BCUT2D eigenvalue weighted by Crippen LogP contribution is 2.27.